The molecule has 0 N–H and O–H groups in total. The molecule has 3 rings (SSSR count). The number of likely N-dealkylation sites (N-methyl/N-ethyl adjacent to an activating group) is 1. The number of amides is 1. The number of benzene rings is 2. The first kappa shape index (κ1) is 16.5. The van der Waals surface area contributed by atoms with E-state index in [1.165, 1.54) is 0 Å². The van der Waals surface area contributed by atoms with Gasteiger partial charge in [-0.05, 0) is 32.2 Å². The summed E-state index contributed by atoms with van der Waals surface area (Å²) < 4.78 is 5.51. The smallest absolute Gasteiger partial charge is 0.253 e. The maximum absolute atomic E-state index is 12.8. The molecule has 1 heterocycles. The van der Waals surface area contributed by atoms with E-state index in [4.69, 9.17) is 4.74 Å². The quantitative estimate of drug-likeness (QED) is 0.869. The molecule has 2 aromatic carbocycles. The molecule has 1 amide bonds. The van der Waals surface area contributed by atoms with Crippen molar-refractivity contribution in [1.82, 2.24) is 9.80 Å². The molecule has 126 valence electrons. The average Bonchev–Trinajstić information content (AvgIpc) is 2.62. The van der Waals surface area contributed by atoms with Crippen LogP contribution in [0.3, 0.4) is 0 Å². The molecule has 1 aliphatic rings. The first-order valence-electron chi connectivity index (χ1n) is 8.29. The van der Waals surface area contributed by atoms with Crippen molar-refractivity contribution in [2.45, 2.75) is 13.0 Å². The molecule has 1 saturated heterocycles. The minimum absolute atomic E-state index is 0.1000. The Bertz CT molecular complexity index is 712. The lowest BCUT2D eigenvalue weighted by atomic mass is 10.0. The SMILES string of the molecule is COc1ccccc1C1CN(C(=O)c2ccc(C)cc2)CCN1C. The van der Waals surface area contributed by atoms with Gasteiger partial charge in [-0.2, -0.15) is 0 Å². The normalized spacial score (nSPS) is 18.5. The molecule has 0 aromatic heterocycles. The number of para-hydroxylation sites is 1. The Hall–Kier alpha value is -2.33. The van der Waals surface area contributed by atoms with Crippen LogP contribution in [0.1, 0.15) is 27.5 Å². The summed E-state index contributed by atoms with van der Waals surface area (Å²) in [6.45, 7) is 4.29. The van der Waals surface area contributed by atoms with Gasteiger partial charge in [0.25, 0.3) is 5.91 Å². The molecule has 0 bridgehead atoms. The zero-order chi connectivity index (χ0) is 17.1. The highest BCUT2D eigenvalue weighted by Crippen LogP contribution is 2.31. The summed E-state index contributed by atoms with van der Waals surface area (Å²) in [5.74, 6) is 0.974. The predicted molar refractivity (Wildman–Crippen MR) is 95.4 cm³/mol. The van der Waals surface area contributed by atoms with Gasteiger partial charge in [-0.1, -0.05) is 35.9 Å². The van der Waals surface area contributed by atoms with Gasteiger partial charge in [0.15, 0.2) is 0 Å². The van der Waals surface area contributed by atoms with Crippen LogP contribution >= 0.6 is 0 Å². The van der Waals surface area contributed by atoms with Crippen LogP contribution in [0, 0.1) is 6.92 Å². The number of carbonyl (C=O) groups is 1. The third kappa shape index (κ3) is 3.29. The van der Waals surface area contributed by atoms with Gasteiger partial charge in [-0.3, -0.25) is 9.69 Å². The largest absolute Gasteiger partial charge is 0.496 e. The number of rotatable bonds is 3. The van der Waals surface area contributed by atoms with E-state index in [-0.39, 0.29) is 11.9 Å². The maximum Gasteiger partial charge on any atom is 0.253 e. The average molecular weight is 324 g/mol. The molecule has 0 saturated carbocycles. The molecule has 4 heteroatoms. The van der Waals surface area contributed by atoms with Gasteiger partial charge >= 0.3 is 0 Å². The van der Waals surface area contributed by atoms with Crippen LogP contribution in [0.15, 0.2) is 48.5 Å². The maximum atomic E-state index is 12.8. The van der Waals surface area contributed by atoms with Crippen LogP contribution in [0.2, 0.25) is 0 Å². The Labute approximate surface area is 143 Å². The fourth-order valence-electron chi connectivity index (χ4n) is 3.21. The van der Waals surface area contributed by atoms with Gasteiger partial charge in [0.2, 0.25) is 0 Å². The Morgan fingerprint density at radius 2 is 1.79 bits per heavy atom. The van der Waals surface area contributed by atoms with Crippen molar-refractivity contribution in [3.8, 4) is 5.75 Å². The fourth-order valence-corrected chi connectivity index (χ4v) is 3.21. The van der Waals surface area contributed by atoms with Crippen LogP contribution in [-0.4, -0.2) is 49.5 Å². The number of ether oxygens (including phenoxy) is 1. The minimum atomic E-state index is 0.1000. The van der Waals surface area contributed by atoms with E-state index in [9.17, 15) is 4.79 Å². The first-order valence-corrected chi connectivity index (χ1v) is 8.29. The third-order valence-electron chi connectivity index (χ3n) is 4.73. The van der Waals surface area contributed by atoms with Gasteiger partial charge in [0.05, 0.1) is 13.2 Å². The summed E-state index contributed by atoms with van der Waals surface area (Å²) in [6, 6.07) is 16.0. The van der Waals surface area contributed by atoms with E-state index in [1.54, 1.807) is 7.11 Å². The Morgan fingerprint density at radius 1 is 1.08 bits per heavy atom. The van der Waals surface area contributed by atoms with E-state index in [1.807, 2.05) is 54.3 Å². The summed E-state index contributed by atoms with van der Waals surface area (Å²) in [5, 5.41) is 0. The molecule has 1 atom stereocenters. The van der Waals surface area contributed by atoms with Gasteiger partial charge in [0.1, 0.15) is 5.75 Å². The zero-order valence-corrected chi connectivity index (χ0v) is 14.5. The van der Waals surface area contributed by atoms with Gasteiger partial charge < -0.3 is 9.64 Å². The van der Waals surface area contributed by atoms with Crippen LogP contribution in [0.4, 0.5) is 0 Å². The highest BCUT2D eigenvalue weighted by atomic mass is 16.5. The lowest BCUT2D eigenvalue weighted by Gasteiger charge is -2.40. The number of piperazine rings is 1. The number of methoxy groups -OCH3 is 1. The minimum Gasteiger partial charge on any atom is -0.496 e. The molecule has 24 heavy (non-hydrogen) atoms. The number of hydrogen-bond acceptors (Lipinski definition) is 3. The topological polar surface area (TPSA) is 32.8 Å². The van der Waals surface area contributed by atoms with E-state index >= 15 is 0 Å². The van der Waals surface area contributed by atoms with Gasteiger partial charge in [-0.15, -0.1) is 0 Å². The van der Waals surface area contributed by atoms with Crippen molar-refractivity contribution in [1.29, 1.82) is 0 Å². The van der Waals surface area contributed by atoms with Crippen molar-refractivity contribution < 1.29 is 9.53 Å². The van der Waals surface area contributed by atoms with Crippen LogP contribution in [0.5, 0.6) is 5.75 Å². The summed E-state index contributed by atoms with van der Waals surface area (Å²) >= 11 is 0. The molecular weight excluding hydrogens is 300 g/mol. The monoisotopic (exact) mass is 324 g/mol. The summed E-state index contributed by atoms with van der Waals surface area (Å²) in [5.41, 5.74) is 3.05. The molecule has 0 aliphatic carbocycles. The second kappa shape index (κ2) is 7.05. The Balaban J connectivity index is 1.83. The van der Waals surface area contributed by atoms with Crippen molar-refractivity contribution in [3.63, 3.8) is 0 Å². The highest BCUT2D eigenvalue weighted by molar-refractivity contribution is 5.94. The van der Waals surface area contributed by atoms with Gasteiger partial charge in [-0.25, -0.2) is 0 Å². The molecule has 2 aromatic rings. The summed E-state index contributed by atoms with van der Waals surface area (Å²) in [4.78, 5) is 17.1. The third-order valence-corrected chi connectivity index (χ3v) is 4.73. The molecule has 0 spiro atoms. The molecule has 0 radical (unpaired) electrons. The summed E-state index contributed by atoms with van der Waals surface area (Å²) in [7, 11) is 3.79. The van der Waals surface area contributed by atoms with E-state index in [0.717, 1.165) is 35.5 Å². The zero-order valence-electron chi connectivity index (χ0n) is 14.5. The van der Waals surface area contributed by atoms with Crippen LogP contribution in [0.25, 0.3) is 0 Å². The molecule has 1 unspecified atom stereocenters. The van der Waals surface area contributed by atoms with E-state index in [2.05, 4.69) is 18.0 Å². The Kier molecular flexibility index (Phi) is 4.86. The lowest BCUT2D eigenvalue weighted by Crippen LogP contribution is -2.49. The van der Waals surface area contributed by atoms with E-state index in [0.29, 0.717) is 6.54 Å². The lowest BCUT2D eigenvalue weighted by molar-refractivity contribution is 0.0542. The van der Waals surface area contributed by atoms with Gasteiger partial charge in [0, 0.05) is 30.8 Å². The molecular formula is C20H24N2O2. The standard InChI is InChI=1S/C20H24N2O2/c1-15-8-10-16(11-9-15)20(23)22-13-12-21(2)18(14-22)17-6-4-5-7-19(17)24-3/h4-11,18H,12-14H2,1-3H3. The summed E-state index contributed by atoms with van der Waals surface area (Å²) in [6.07, 6.45) is 0. The number of nitrogens with zero attached hydrogens (tertiary/aromatic N) is 2. The molecule has 4 nitrogen and oxygen atoms in total. The fraction of sp³-hybridized carbons (Fsp3) is 0.350. The van der Waals surface area contributed by atoms with Crippen molar-refractivity contribution in [2.75, 3.05) is 33.8 Å². The Morgan fingerprint density at radius 3 is 2.50 bits per heavy atom. The van der Waals surface area contributed by atoms with Crippen molar-refractivity contribution >= 4 is 5.91 Å². The van der Waals surface area contributed by atoms with Crippen molar-refractivity contribution in [3.05, 3.63) is 65.2 Å². The second-order valence-corrected chi connectivity index (χ2v) is 6.36. The van der Waals surface area contributed by atoms with Crippen LogP contribution < -0.4 is 4.74 Å². The molecule has 1 aliphatic heterocycles. The second-order valence-electron chi connectivity index (χ2n) is 6.36. The van der Waals surface area contributed by atoms with E-state index < -0.39 is 0 Å². The number of carbonyl (C=O) groups excluding carboxylic acids is 1. The number of hydrogen-bond donors (Lipinski definition) is 0. The number of aryl methyl sites for hydroxylation is 1. The van der Waals surface area contributed by atoms with Crippen molar-refractivity contribution in [2.24, 2.45) is 0 Å². The van der Waals surface area contributed by atoms with Crippen LogP contribution in [-0.2, 0) is 0 Å². The molecule has 1 fully saturated rings. The predicted octanol–water partition coefficient (Wildman–Crippen LogP) is 3.13. The first-order chi connectivity index (χ1) is 11.6. The highest BCUT2D eigenvalue weighted by Gasteiger charge is 2.30.